The Morgan fingerprint density at radius 3 is 2.15 bits per heavy atom. The minimum atomic E-state index is 0.462. The zero-order chi connectivity index (χ0) is 14.1. The standard InChI is InChI=1S/C17H33N3/c1-13-3-4-16(11-14(13)2)20-10-7-17(12-20)19-8-5-15(18)6-9-19/h13-17H,3-12,18H2,1-2H3. The summed E-state index contributed by atoms with van der Waals surface area (Å²) in [5, 5.41) is 0. The van der Waals surface area contributed by atoms with E-state index in [0.29, 0.717) is 6.04 Å². The second-order valence-electron chi connectivity index (χ2n) is 7.73. The normalized spacial score (nSPS) is 42.1. The second kappa shape index (κ2) is 6.33. The maximum atomic E-state index is 6.03. The van der Waals surface area contributed by atoms with Crippen LogP contribution in [0.5, 0.6) is 0 Å². The van der Waals surface area contributed by atoms with Crippen molar-refractivity contribution in [3.63, 3.8) is 0 Å². The summed E-state index contributed by atoms with van der Waals surface area (Å²) in [5.74, 6) is 1.86. The van der Waals surface area contributed by atoms with E-state index in [4.69, 9.17) is 5.73 Å². The van der Waals surface area contributed by atoms with Crippen molar-refractivity contribution >= 4 is 0 Å². The fourth-order valence-electron chi connectivity index (χ4n) is 4.53. The molecule has 3 heteroatoms. The fraction of sp³-hybridized carbons (Fsp3) is 1.00. The van der Waals surface area contributed by atoms with E-state index >= 15 is 0 Å². The highest BCUT2D eigenvalue weighted by atomic mass is 15.3. The molecule has 2 heterocycles. The van der Waals surface area contributed by atoms with Crippen LogP contribution in [0.25, 0.3) is 0 Å². The van der Waals surface area contributed by atoms with Gasteiger partial charge in [-0.3, -0.25) is 9.80 Å². The summed E-state index contributed by atoms with van der Waals surface area (Å²) >= 11 is 0. The van der Waals surface area contributed by atoms with Gasteiger partial charge in [-0.2, -0.15) is 0 Å². The molecular weight excluding hydrogens is 246 g/mol. The van der Waals surface area contributed by atoms with E-state index in [2.05, 4.69) is 23.6 Å². The van der Waals surface area contributed by atoms with Crippen molar-refractivity contribution in [2.75, 3.05) is 26.2 Å². The lowest BCUT2D eigenvalue weighted by Gasteiger charge is -2.38. The first-order valence-electron chi connectivity index (χ1n) is 8.87. The first kappa shape index (κ1) is 14.8. The summed E-state index contributed by atoms with van der Waals surface area (Å²) < 4.78 is 0. The second-order valence-corrected chi connectivity index (χ2v) is 7.73. The lowest BCUT2D eigenvalue weighted by atomic mass is 9.78. The predicted molar refractivity (Wildman–Crippen MR) is 84.7 cm³/mol. The summed E-state index contributed by atoms with van der Waals surface area (Å²) in [5.41, 5.74) is 6.03. The van der Waals surface area contributed by atoms with Gasteiger partial charge in [0.25, 0.3) is 0 Å². The van der Waals surface area contributed by atoms with Crippen LogP contribution < -0.4 is 5.73 Å². The van der Waals surface area contributed by atoms with Crippen molar-refractivity contribution in [2.45, 2.75) is 70.5 Å². The Morgan fingerprint density at radius 2 is 1.45 bits per heavy atom. The van der Waals surface area contributed by atoms with E-state index in [1.165, 1.54) is 64.7 Å². The molecule has 3 rings (SSSR count). The summed E-state index contributed by atoms with van der Waals surface area (Å²) in [6.07, 6.45) is 8.09. The number of hydrogen-bond donors (Lipinski definition) is 1. The summed E-state index contributed by atoms with van der Waals surface area (Å²) in [4.78, 5) is 5.53. The first-order valence-corrected chi connectivity index (χ1v) is 8.87. The highest BCUT2D eigenvalue weighted by molar-refractivity contribution is 4.91. The smallest absolute Gasteiger partial charge is 0.0235 e. The van der Waals surface area contributed by atoms with Gasteiger partial charge in [0.2, 0.25) is 0 Å². The third-order valence-electron chi connectivity index (χ3n) is 6.37. The van der Waals surface area contributed by atoms with Crippen LogP contribution in [-0.2, 0) is 0 Å². The molecule has 0 radical (unpaired) electrons. The van der Waals surface area contributed by atoms with Crippen LogP contribution in [0, 0.1) is 11.8 Å². The average Bonchev–Trinajstić information content (AvgIpc) is 2.92. The molecule has 3 aliphatic rings. The Morgan fingerprint density at radius 1 is 0.750 bits per heavy atom. The van der Waals surface area contributed by atoms with Crippen LogP contribution in [0.1, 0.15) is 52.4 Å². The minimum absolute atomic E-state index is 0.462. The van der Waals surface area contributed by atoms with Gasteiger partial charge in [-0.25, -0.2) is 0 Å². The molecule has 0 aromatic carbocycles. The highest BCUT2D eigenvalue weighted by Crippen LogP contribution is 2.34. The molecule has 0 aromatic heterocycles. The van der Waals surface area contributed by atoms with Gasteiger partial charge >= 0.3 is 0 Å². The molecule has 0 amide bonds. The number of nitrogens with zero attached hydrogens (tertiary/aromatic N) is 2. The van der Waals surface area contributed by atoms with E-state index in [1.807, 2.05) is 0 Å². The molecule has 2 aliphatic heterocycles. The van der Waals surface area contributed by atoms with Crippen LogP contribution in [0.4, 0.5) is 0 Å². The first-order chi connectivity index (χ1) is 9.63. The minimum Gasteiger partial charge on any atom is -0.328 e. The summed E-state index contributed by atoms with van der Waals surface area (Å²) in [7, 11) is 0. The van der Waals surface area contributed by atoms with Gasteiger partial charge in [-0.05, 0) is 63.5 Å². The van der Waals surface area contributed by atoms with Crippen molar-refractivity contribution in [1.82, 2.24) is 9.80 Å². The topological polar surface area (TPSA) is 32.5 Å². The largest absolute Gasteiger partial charge is 0.328 e. The van der Waals surface area contributed by atoms with Gasteiger partial charge in [0.15, 0.2) is 0 Å². The van der Waals surface area contributed by atoms with E-state index in [1.54, 1.807) is 0 Å². The molecule has 0 aromatic rings. The zero-order valence-electron chi connectivity index (χ0n) is 13.4. The monoisotopic (exact) mass is 279 g/mol. The average molecular weight is 279 g/mol. The van der Waals surface area contributed by atoms with Crippen molar-refractivity contribution in [2.24, 2.45) is 17.6 Å². The number of nitrogens with two attached hydrogens (primary N) is 1. The number of rotatable bonds is 2. The maximum Gasteiger partial charge on any atom is 0.0235 e. The van der Waals surface area contributed by atoms with Crippen LogP contribution in [0.2, 0.25) is 0 Å². The Bertz CT molecular complexity index is 311. The molecule has 2 saturated heterocycles. The maximum absolute atomic E-state index is 6.03. The molecule has 4 unspecified atom stereocenters. The number of hydrogen-bond acceptors (Lipinski definition) is 3. The SMILES string of the molecule is CC1CCC(N2CCC(N3CCC(N)CC3)C2)CC1C. The molecule has 116 valence electrons. The van der Waals surface area contributed by atoms with E-state index in [9.17, 15) is 0 Å². The van der Waals surface area contributed by atoms with Crippen molar-refractivity contribution in [1.29, 1.82) is 0 Å². The zero-order valence-corrected chi connectivity index (χ0v) is 13.4. The summed E-state index contributed by atoms with van der Waals surface area (Å²) in [6.45, 7) is 10.0. The van der Waals surface area contributed by atoms with Gasteiger partial charge < -0.3 is 5.73 Å². The van der Waals surface area contributed by atoms with Gasteiger partial charge in [0, 0.05) is 31.2 Å². The van der Waals surface area contributed by atoms with Crippen LogP contribution >= 0.6 is 0 Å². The Labute approximate surface area is 124 Å². The Hall–Kier alpha value is -0.120. The third-order valence-corrected chi connectivity index (χ3v) is 6.37. The quantitative estimate of drug-likeness (QED) is 0.842. The van der Waals surface area contributed by atoms with Crippen LogP contribution in [0.15, 0.2) is 0 Å². The highest BCUT2D eigenvalue weighted by Gasteiger charge is 2.35. The van der Waals surface area contributed by atoms with Crippen molar-refractivity contribution < 1.29 is 0 Å². The Kier molecular flexibility index (Phi) is 4.68. The van der Waals surface area contributed by atoms with Gasteiger partial charge in [0.1, 0.15) is 0 Å². The number of likely N-dealkylation sites (tertiary alicyclic amines) is 2. The van der Waals surface area contributed by atoms with Gasteiger partial charge in [-0.15, -0.1) is 0 Å². The molecule has 20 heavy (non-hydrogen) atoms. The number of piperidine rings is 1. The summed E-state index contributed by atoms with van der Waals surface area (Å²) in [6, 6.07) is 2.15. The predicted octanol–water partition coefficient (Wildman–Crippen LogP) is 2.31. The lowest BCUT2D eigenvalue weighted by molar-refractivity contribution is 0.109. The Balaban J connectivity index is 1.49. The van der Waals surface area contributed by atoms with Crippen molar-refractivity contribution in [3.05, 3.63) is 0 Å². The lowest BCUT2D eigenvalue weighted by Crippen LogP contribution is -2.47. The molecule has 4 atom stereocenters. The third kappa shape index (κ3) is 3.20. The molecule has 1 saturated carbocycles. The molecule has 2 N–H and O–H groups in total. The van der Waals surface area contributed by atoms with Crippen LogP contribution in [0.3, 0.4) is 0 Å². The van der Waals surface area contributed by atoms with Gasteiger partial charge in [0.05, 0.1) is 0 Å². The van der Waals surface area contributed by atoms with E-state index < -0.39 is 0 Å². The fourth-order valence-corrected chi connectivity index (χ4v) is 4.53. The van der Waals surface area contributed by atoms with E-state index in [-0.39, 0.29) is 0 Å². The molecule has 3 nitrogen and oxygen atoms in total. The molecule has 1 aliphatic carbocycles. The molecular formula is C17H33N3. The van der Waals surface area contributed by atoms with Crippen molar-refractivity contribution in [3.8, 4) is 0 Å². The molecule has 0 spiro atoms. The molecule has 0 bridgehead atoms. The molecule has 3 fully saturated rings. The van der Waals surface area contributed by atoms with E-state index in [0.717, 1.165) is 23.9 Å². The van der Waals surface area contributed by atoms with Gasteiger partial charge in [-0.1, -0.05) is 13.8 Å². The van der Waals surface area contributed by atoms with Crippen LogP contribution in [-0.4, -0.2) is 54.1 Å².